The molecule has 0 unspecified atom stereocenters. The summed E-state index contributed by atoms with van der Waals surface area (Å²) in [5.74, 6) is -0.220. The maximum Gasteiger partial charge on any atom is 0.241 e. The Hall–Kier alpha value is -1.54. The smallest absolute Gasteiger partial charge is 0.241 e. The highest BCUT2D eigenvalue weighted by molar-refractivity contribution is 9.10. The lowest BCUT2D eigenvalue weighted by Crippen LogP contribution is -2.19. The van der Waals surface area contributed by atoms with Crippen molar-refractivity contribution in [1.82, 2.24) is 15.2 Å². The first-order valence-electron chi connectivity index (χ1n) is 5.81. The average molecular weight is 359 g/mol. The molecule has 0 saturated heterocycles. The molecular formula is C12H12BrFN4OS. The number of rotatable bonds is 5. The molecule has 0 radical (unpaired) electrons. The number of hydrazone groups is 1. The van der Waals surface area contributed by atoms with Crippen LogP contribution < -0.4 is 5.43 Å². The zero-order valence-corrected chi connectivity index (χ0v) is 13.0. The van der Waals surface area contributed by atoms with Gasteiger partial charge in [0.1, 0.15) is 0 Å². The highest BCUT2D eigenvalue weighted by Crippen LogP contribution is 2.13. The molecule has 2 rings (SSSR count). The number of hydrogen-bond donors (Lipinski definition) is 1. The Labute approximate surface area is 127 Å². The number of amides is 1. The second kappa shape index (κ2) is 6.76. The van der Waals surface area contributed by atoms with Crippen LogP contribution in [0.1, 0.15) is 17.0 Å². The minimum atomic E-state index is -0.280. The van der Waals surface area contributed by atoms with Gasteiger partial charge in [0.25, 0.3) is 0 Å². The molecular weight excluding hydrogens is 347 g/mol. The van der Waals surface area contributed by atoms with E-state index in [-0.39, 0.29) is 17.5 Å². The first kappa shape index (κ1) is 14.9. The van der Waals surface area contributed by atoms with Crippen LogP contribution in [0.15, 0.2) is 27.9 Å². The highest BCUT2D eigenvalue weighted by Gasteiger charge is 2.04. The van der Waals surface area contributed by atoms with Gasteiger partial charge in [-0.15, -0.1) is 11.3 Å². The maximum absolute atomic E-state index is 12.7. The fourth-order valence-corrected chi connectivity index (χ4v) is 2.36. The van der Waals surface area contributed by atoms with Gasteiger partial charge in [0.05, 0.1) is 21.3 Å². The van der Waals surface area contributed by atoms with Crippen molar-refractivity contribution in [3.63, 3.8) is 0 Å². The maximum atomic E-state index is 12.7. The van der Waals surface area contributed by atoms with Crippen LogP contribution >= 0.6 is 27.3 Å². The van der Waals surface area contributed by atoms with Crippen molar-refractivity contribution in [1.29, 1.82) is 0 Å². The molecule has 0 aliphatic carbocycles. The summed E-state index contributed by atoms with van der Waals surface area (Å²) in [6, 6.07) is 2.95. The lowest BCUT2D eigenvalue weighted by molar-refractivity contribution is -0.121. The van der Waals surface area contributed by atoms with E-state index in [0.29, 0.717) is 11.4 Å². The molecule has 0 aliphatic heterocycles. The summed E-state index contributed by atoms with van der Waals surface area (Å²) < 4.78 is 15.3. The van der Waals surface area contributed by atoms with Crippen LogP contribution in [0.4, 0.5) is 4.39 Å². The van der Waals surface area contributed by atoms with Gasteiger partial charge in [0.15, 0.2) is 5.13 Å². The third-order valence-electron chi connectivity index (χ3n) is 2.43. The van der Waals surface area contributed by atoms with E-state index in [2.05, 4.69) is 31.6 Å². The van der Waals surface area contributed by atoms with Crippen LogP contribution in [0.3, 0.4) is 0 Å². The summed E-state index contributed by atoms with van der Waals surface area (Å²) >= 11 is 4.32. The molecule has 5 nitrogen and oxygen atoms in total. The largest absolute Gasteiger partial charge is 0.273 e. The highest BCUT2D eigenvalue weighted by atomic mass is 79.9. The summed E-state index contributed by atoms with van der Waals surface area (Å²) in [6.07, 6.45) is 3.50. The number of aryl methyl sites for hydroxylation is 2. The minimum absolute atomic E-state index is 0.220. The molecule has 0 aromatic carbocycles. The van der Waals surface area contributed by atoms with Crippen LogP contribution in [0, 0.1) is 12.1 Å². The first-order valence-corrected chi connectivity index (χ1v) is 7.42. The van der Waals surface area contributed by atoms with Gasteiger partial charge in [-0.2, -0.15) is 14.6 Å². The number of nitrogens with zero attached hydrogens (tertiary/aromatic N) is 3. The van der Waals surface area contributed by atoms with Gasteiger partial charge in [-0.25, -0.2) is 5.43 Å². The molecule has 1 N–H and O–H groups in total. The molecule has 0 saturated carbocycles. The molecule has 0 atom stereocenters. The zero-order valence-electron chi connectivity index (χ0n) is 10.6. The van der Waals surface area contributed by atoms with E-state index in [4.69, 9.17) is 0 Å². The van der Waals surface area contributed by atoms with Crippen molar-refractivity contribution < 1.29 is 9.18 Å². The number of carbonyl (C=O) groups excluding carboxylic acids is 1. The summed E-state index contributed by atoms with van der Waals surface area (Å²) in [6.45, 7) is 2.35. The van der Waals surface area contributed by atoms with E-state index >= 15 is 0 Å². The Morgan fingerprint density at radius 3 is 3.05 bits per heavy atom. The van der Waals surface area contributed by atoms with Crippen molar-refractivity contribution in [3.8, 4) is 0 Å². The topological polar surface area (TPSA) is 59.3 Å². The van der Waals surface area contributed by atoms with Gasteiger partial charge >= 0.3 is 0 Å². The molecule has 106 valence electrons. The Kier molecular flexibility index (Phi) is 5.02. The minimum Gasteiger partial charge on any atom is -0.273 e. The van der Waals surface area contributed by atoms with Crippen molar-refractivity contribution in [2.45, 2.75) is 19.9 Å². The van der Waals surface area contributed by atoms with Crippen LogP contribution in [0.5, 0.6) is 0 Å². The van der Waals surface area contributed by atoms with Crippen LogP contribution in [-0.2, 0) is 11.3 Å². The van der Waals surface area contributed by atoms with Gasteiger partial charge in [-0.3, -0.25) is 9.48 Å². The zero-order chi connectivity index (χ0) is 14.5. The Morgan fingerprint density at radius 1 is 1.65 bits per heavy atom. The number of carbonyl (C=O) groups is 1. The number of hydrogen-bond acceptors (Lipinski definition) is 4. The standard InChI is InChI=1S/C12H12BrFN4OS/c1-8-10(13)7-18(17-8)5-4-12(19)16-15-6-9-2-3-11(14)20-9/h2-3,6-7H,4-5H2,1H3,(H,16,19)/b15-6-. The number of nitrogens with one attached hydrogen (secondary N) is 1. The summed E-state index contributed by atoms with van der Waals surface area (Å²) in [7, 11) is 0. The lowest BCUT2D eigenvalue weighted by Gasteiger charge is -2.00. The number of aromatic nitrogens is 2. The van der Waals surface area contributed by atoms with Crippen molar-refractivity contribution in [2.75, 3.05) is 0 Å². The number of thiophene rings is 1. The first-order chi connectivity index (χ1) is 9.54. The monoisotopic (exact) mass is 358 g/mol. The van der Waals surface area contributed by atoms with Crippen LogP contribution in [-0.4, -0.2) is 21.9 Å². The van der Waals surface area contributed by atoms with Crippen molar-refractivity contribution in [3.05, 3.63) is 38.5 Å². The molecule has 20 heavy (non-hydrogen) atoms. The Bertz CT molecular complexity index is 618. The van der Waals surface area contributed by atoms with E-state index in [9.17, 15) is 9.18 Å². The van der Waals surface area contributed by atoms with E-state index in [1.165, 1.54) is 12.3 Å². The van der Waals surface area contributed by atoms with E-state index in [1.807, 2.05) is 13.1 Å². The molecule has 2 heterocycles. The Morgan fingerprint density at radius 2 is 2.45 bits per heavy atom. The fourth-order valence-electron chi connectivity index (χ4n) is 1.45. The SMILES string of the molecule is Cc1nn(CCC(=O)N/N=C\c2ccc(F)s2)cc1Br. The van der Waals surface area contributed by atoms with Crippen molar-refractivity contribution in [2.24, 2.45) is 5.10 Å². The van der Waals surface area contributed by atoms with E-state index in [0.717, 1.165) is 21.5 Å². The normalized spacial score (nSPS) is 11.2. The van der Waals surface area contributed by atoms with Gasteiger partial charge in [-0.05, 0) is 35.0 Å². The molecule has 1 amide bonds. The predicted octanol–water partition coefficient (Wildman–Crippen LogP) is 2.70. The van der Waals surface area contributed by atoms with Gasteiger partial charge in [0, 0.05) is 19.2 Å². The van der Waals surface area contributed by atoms with Crippen molar-refractivity contribution >= 4 is 39.4 Å². The lowest BCUT2D eigenvalue weighted by atomic mass is 10.4. The molecule has 0 spiro atoms. The van der Waals surface area contributed by atoms with Gasteiger partial charge in [0.2, 0.25) is 5.91 Å². The van der Waals surface area contributed by atoms with E-state index in [1.54, 1.807) is 10.7 Å². The molecule has 2 aromatic rings. The van der Waals surface area contributed by atoms with Gasteiger partial charge < -0.3 is 0 Å². The third kappa shape index (κ3) is 4.24. The van der Waals surface area contributed by atoms with E-state index < -0.39 is 0 Å². The van der Waals surface area contributed by atoms with Gasteiger partial charge in [-0.1, -0.05) is 0 Å². The van der Waals surface area contributed by atoms with Crippen LogP contribution in [0.2, 0.25) is 0 Å². The second-order valence-electron chi connectivity index (χ2n) is 4.01. The molecule has 8 heteroatoms. The second-order valence-corrected chi connectivity index (χ2v) is 5.93. The molecule has 0 aliphatic rings. The Balaban J connectivity index is 1.76. The average Bonchev–Trinajstić information content (AvgIpc) is 2.94. The third-order valence-corrected chi connectivity index (χ3v) is 4.02. The molecule has 0 bridgehead atoms. The summed E-state index contributed by atoms with van der Waals surface area (Å²) in [5, 5.41) is 7.71. The predicted molar refractivity (Wildman–Crippen MR) is 79.3 cm³/mol. The quantitative estimate of drug-likeness (QED) is 0.659. The fraction of sp³-hybridized carbons (Fsp3) is 0.250. The van der Waals surface area contributed by atoms with Crippen LogP contribution in [0.25, 0.3) is 0 Å². The number of halogens is 2. The summed E-state index contributed by atoms with van der Waals surface area (Å²) in [4.78, 5) is 12.2. The summed E-state index contributed by atoms with van der Waals surface area (Å²) in [5.41, 5.74) is 3.27. The molecule has 2 aromatic heterocycles. The molecule has 0 fully saturated rings.